The Kier molecular flexibility index (Phi) is 12.4. The second-order valence-corrected chi connectivity index (χ2v) is 16.7. The van der Waals surface area contributed by atoms with E-state index in [-0.39, 0.29) is 74.9 Å². The molecule has 3 aliphatic carbocycles. The smallest absolute Gasteiger partial charge is 0.408 e. The van der Waals surface area contributed by atoms with Crippen LogP contribution in [0.2, 0.25) is 0 Å². The zero-order valence-electron chi connectivity index (χ0n) is 31.6. The molecule has 4 aliphatic rings. The molecule has 1 radical (unpaired) electrons. The number of esters is 2. The number of hydrogen-bond donors (Lipinski definition) is 4. The van der Waals surface area contributed by atoms with Crippen molar-refractivity contribution < 1.29 is 97.5 Å². The van der Waals surface area contributed by atoms with Gasteiger partial charge in [-0.1, -0.05) is 56.2 Å². The number of allylic oxidation sites excluding steroid dienone is 1. The molecule has 0 aromatic heterocycles. The van der Waals surface area contributed by atoms with Crippen LogP contribution in [-0.4, -0.2) is 93.0 Å². The molecule has 0 spiro atoms. The average molecular weight is 939 g/mol. The van der Waals surface area contributed by atoms with Crippen LogP contribution in [-0.2, 0) is 28.5 Å². The van der Waals surface area contributed by atoms with Gasteiger partial charge in [-0.3, -0.25) is 4.79 Å². The Labute approximate surface area is 341 Å². The summed E-state index contributed by atoms with van der Waals surface area (Å²) in [5.74, 6) is -3.10. The summed E-state index contributed by atoms with van der Waals surface area (Å²) < 4.78 is 23.3. The fourth-order valence-corrected chi connectivity index (χ4v) is 8.58. The third kappa shape index (κ3) is 7.70. The number of ketones is 1. The third-order valence-corrected chi connectivity index (χ3v) is 11.5. The van der Waals surface area contributed by atoms with Crippen LogP contribution in [0.25, 0.3) is 0 Å². The fraction of sp³-hybridized carbons (Fsp3) is 0.641. The van der Waals surface area contributed by atoms with Gasteiger partial charge in [-0.25, -0.2) is 14.4 Å². The van der Waals surface area contributed by atoms with Crippen LogP contribution in [0.5, 0.6) is 0 Å². The van der Waals surface area contributed by atoms with Crippen molar-refractivity contribution >= 4 is 23.8 Å². The van der Waals surface area contributed by atoms with E-state index in [0.29, 0.717) is 29.6 Å². The Morgan fingerprint density at radius 1 is 1.06 bits per heavy atom. The molecule has 2 saturated carbocycles. The summed E-state index contributed by atoms with van der Waals surface area (Å²) in [5.41, 5.74) is -4.87. The number of aliphatic hydroxyl groups is 3. The van der Waals surface area contributed by atoms with E-state index in [1.807, 2.05) is 0 Å². The molecule has 1 aromatic carbocycles. The summed E-state index contributed by atoms with van der Waals surface area (Å²) in [5, 5.41) is 39.1. The average Bonchev–Trinajstić information content (AvgIpc) is 3.02. The van der Waals surface area contributed by atoms with E-state index in [1.165, 1.54) is 6.08 Å². The van der Waals surface area contributed by atoms with Crippen LogP contribution < -0.4 is 5.32 Å². The maximum atomic E-state index is 14.5. The number of fused-ring (bicyclic) bond motifs is 5. The summed E-state index contributed by atoms with van der Waals surface area (Å²) in [7, 11) is 0. The van der Waals surface area contributed by atoms with Gasteiger partial charge in [0.1, 0.15) is 34.8 Å². The Bertz CT molecular complexity index is 1630. The molecule has 2 bridgehead atoms. The van der Waals surface area contributed by atoms with Gasteiger partial charge < -0.3 is 39.6 Å². The zero-order chi connectivity index (χ0) is 37.9. The maximum Gasteiger partial charge on any atom is 0.408 e. The number of alkyl carbamates (subject to hydrolysis) is 1. The van der Waals surface area contributed by atoms with Crippen molar-refractivity contribution in [1.82, 2.24) is 5.32 Å². The topological polar surface area (TPSA) is 178 Å². The Balaban J connectivity index is 0.00000605. The molecule has 1 aliphatic heterocycles. The molecule has 3 fully saturated rings. The van der Waals surface area contributed by atoms with Crippen molar-refractivity contribution in [3.05, 3.63) is 58.7 Å². The predicted octanol–water partition coefficient (Wildman–Crippen LogP) is 4.34. The molecule has 9 atom stereocenters. The van der Waals surface area contributed by atoms with Crippen LogP contribution in [0.1, 0.15) is 98.4 Å². The Morgan fingerprint density at radius 2 is 1.69 bits per heavy atom. The maximum absolute atomic E-state index is 14.5. The fourth-order valence-electron chi connectivity index (χ4n) is 8.58. The van der Waals surface area contributed by atoms with Crippen molar-refractivity contribution in [3.63, 3.8) is 0 Å². The number of rotatable bonds is 7. The number of nitrogens with one attached hydrogen (secondary N) is 1. The standard InChI is InChI=1S/C39H53NO11.Ac/c1-21(2)17-25(40-34(45)51-35(4,5)6)29(42)33(44)49-26-19-39(47)31(50-32(43)23-13-11-10-12-14-23)30-37(9,16-15-28-38(30,46)20-48-28)27(41)18-24(22(26)3)36(39,7)8;/h10-14,17,25-26,28-31,42,46-47H,15-16,18-20H2,1-9H3,(H,40,45);/t25-,26-,28+,29+,30-,31?,37-,38-,39+;/m0./s1. The van der Waals surface area contributed by atoms with Gasteiger partial charge in [0.2, 0.25) is 0 Å². The monoisotopic (exact) mass is 938 g/mol. The molecule has 1 heterocycles. The molecule has 1 saturated heterocycles. The van der Waals surface area contributed by atoms with E-state index in [1.54, 1.807) is 92.6 Å². The molecular formula is C39H53AcNO11. The number of ether oxygens (including phenoxy) is 4. The first kappa shape index (κ1) is 42.6. The van der Waals surface area contributed by atoms with E-state index < -0.39 is 82.0 Å². The van der Waals surface area contributed by atoms with Gasteiger partial charge in [0.05, 0.1) is 24.3 Å². The van der Waals surface area contributed by atoms with Crippen LogP contribution >= 0.6 is 0 Å². The van der Waals surface area contributed by atoms with Crippen molar-refractivity contribution in [2.24, 2.45) is 16.7 Å². The largest absolute Gasteiger partial charge is 0.456 e. The predicted molar refractivity (Wildman–Crippen MR) is 185 cm³/mol. The third-order valence-electron chi connectivity index (χ3n) is 11.5. The number of benzene rings is 1. The van der Waals surface area contributed by atoms with Crippen molar-refractivity contribution in [1.29, 1.82) is 0 Å². The molecule has 13 heteroatoms. The van der Waals surface area contributed by atoms with Crippen LogP contribution in [0, 0.1) is 60.8 Å². The van der Waals surface area contributed by atoms with Gasteiger partial charge in [-0.05, 0) is 72.1 Å². The normalized spacial score (nSPS) is 33.2. The molecular weight excluding hydrogens is 885 g/mol. The number of Topliss-reactive ketones (excluding diaryl/α,β-unsaturated/α-hetero) is 1. The van der Waals surface area contributed by atoms with Crippen LogP contribution in [0.4, 0.5) is 4.79 Å². The number of carbonyl (C=O) groups is 4. The van der Waals surface area contributed by atoms with Gasteiger partial charge in [-0.2, -0.15) is 0 Å². The minimum Gasteiger partial charge on any atom is -0.456 e. The van der Waals surface area contributed by atoms with Gasteiger partial charge in [0, 0.05) is 73.7 Å². The first-order chi connectivity index (χ1) is 23.5. The van der Waals surface area contributed by atoms with E-state index in [9.17, 15) is 34.5 Å². The SMILES string of the molecule is CC(C)=C[C@H](NC(=O)OC(C)(C)C)[C@@H](O)C(=O)O[C@H]1C[C@@]2(O)C(OC(=O)c3ccccc3)[C@@H]3[C@]4(O)CO[C@@H]4CC[C@@]3(C)C(=O)CC(=C1C)C2(C)C.[Ac]. The molecule has 5 rings (SSSR count). The first-order valence-electron chi connectivity index (χ1n) is 17.6. The molecule has 1 amide bonds. The molecule has 1 aromatic rings. The minimum atomic E-state index is -1.99. The van der Waals surface area contributed by atoms with Crippen molar-refractivity contribution in [2.75, 3.05) is 6.61 Å². The summed E-state index contributed by atoms with van der Waals surface area (Å²) >= 11 is 0. The summed E-state index contributed by atoms with van der Waals surface area (Å²) in [6.45, 7) is 15.4. The summed E-state index contributed by atoms with van der Waals surface area (Å²) in [6, 6.07) is 7.04. The van der Waals surface area contributed by atoms with E-state index in [2.05, 4.69) is 5.32 Å². The zero-order valence-corrected chi connectivity index (χ0v) is 36.4. The molecule has 283 valence electrons. The van der Waals surface area contributed by atoms with Crippen molar-refractivity contribution in [3.8, 4) is 0 Å². The van der Waals surface area contributed by atoms with Crippen LogP contribution in [0.15, 0.2) is 53.1 Å². The first-order valence-corrected chi connectivity index (χ1v) is 17.6. The number of hydrogen-bond acceptors (Lipinski definition) is 11. The molecule has 1 unspecified atom stereocenters. The summed E-state index contributed by atoms with van der Waals surface area (Å²) in [4.78, 5) is 54.7. The Morgan fingerprint density at radius 3 is 2.25 bits per heavy atom. The summed E-state index contributed by atoms with van der Waals surface area (Å²) in [6.07, 6.45) is -4.10. The Hall–Kier alpha value is -2.14. The van der Waals surface area contributed by atoms with Gasteiger partial charge >= 0.3 is 18.0 Å². The molecule has 52 heavy (non-hydrogen) atoms. The van der Waals surface area contributed by atoms with Crippen LogP contribution in [0.3, 0.4) is 0 Å². The number of aliphatic hydroxyl groups excluding tert-OH is 1. The minimum absolute atomic E-state index is 0. The molecule has 12 nitrogen and oxygen atoms in total. The van der Waals surface area contributed by atoms with E-state index >= 15 is 0 Å². The second-order valence-electron chi connectivity index (χ2n) is 16.7. The van der Waals surface area contributed by atoms with E-state index in [0.717, 1.165) is 0 Å². The second kappa shape index (κ2) is 15.2. The molecule has 4 N–H and O–H groups in total. The van der Waals surface area contributed by atoms with Crippen molar-refractivity contribution in [2.45, 2.75) is 135 Å². The number of amides is 1. The number of carbonyl (C=O) groups excluding carboxylic acids is 4. The van der Waals surface area contributed by atoms with Gasteiger partial charge in [-0.15, -0.1) is 0 Å². The van der Waals surface area contributed by atoms with E-state index in [4.69, 9.17) is 18.9 Å². The quantitative estimate of drug-likeness (QED) is 0.174. The van der Waals surface area contributed by atoms with Gasteiger partial charge in [0.15, 0.2) is 6.10 Å². The van der Waals surface area contributed by atoms with Gasteiger partial charge in [0.25, 0.3) is 0 Å².